The number of aryl methyl sites for hydroxylation is 2. The first-order valence-electron chi connectivity index (χ1n) is 11.7. The van der Waals surface area contributed by atoms with E-state index in [0.717, 1.165) is 29.5 Å². The lowest BCUT2D eigenvalue weighted by atomic mass is 9.79. The molecule has 5 rings (SSSR count). The fourth-order valence-electron chi connectivity index (χ4n) is 4.51. The first kappa shape index (κ1) is 26.1. The summed E-state index contributed by atoms with van der Waals surface area (Å²) in [6.07, 6.45) is 0.0270. The van der Waals surface area contributed by atoms with Gasteiger partial charge in [0.2, 0.25) is 0 Å². The van der Waals surface area contributed by atoms with Crippen LogP contribution in [0, 0.1) is 6.92 Å². The number of nitrogens with one attached hydrogen (secondary N) is 1. The van der Waals surface area contributed by atoms with E-state index in [9.17, 15) is 18.3 Å². The van der Waals surface area contributed by atoms with Gasteiger partial charge in [0.15, 0.2) is 0 Å². The van der Waals surface area contributed by atoms with Gasteiger partial charge in [-0.25, -0.2) is 15.0 Å². The number of aromatic nitrogens is 3. The van der Waals surface area contributed by atoms with Crippen molar-refractivity contribution in [2.24, 2.45) is 0 Å². The van der Waals surface area contributed by atoms with Crippen LogP contribution >= 0.6 is 11.3 Å². The molecule has 3 heterocycles. The number of nitrogens with zero attached hydrogens (tertiary/aromatic N) is 3. The number of hydrogen-bond acceptors (Lipinski definition) is 9. The SMILES string of the molecule is Cc1cc(Nc2cc(C(F)(F)F)ccn2)nc(-c2cnc(C3(O)CCCc4cc(OB(O)O)ccc43)s2)c1. The molecule has 13 heteroatoms. The molecule has 0 fully saturated rings. The van der Waals surface area contributed by atoms with Gasteiger partial charge in [0.25, 0.3) is 0 Å². The molecule has 1 unspecified atom stereocenters. The predicted molar refractivity (Wildman–Crippen MR) is 136 cm³/mol. The van der Waals surface area contributed by atoms with Crippen LogP contribution in [0.2, 0.25) is 0 Å². The Hall–Kier alpha value is -3.52. The van der Waals surface area contributed by atoms with Crippen molar-refractivity contribution in [1.82, 2.24) is 15.0 Å². The Kier molecular flexibility index (Phi) is 6.86. The molecule has 0 saturated carbocycles. The molecule has 1 aliphatic carbocycles. The number of benzene rings is 1. The maximum Gasteiger partial charge on any atom is 0.707 e. The Bertz CT molecular complexity index is 1480. The number of fused-ring (bicyclic) bond motifs is 1. The van der Waals surface area contributed by atoms with E-state index >= 15 is 0 Å². The summed E-state index contributed by atoms with van der Waals surface area (Å²) >= 11 is 1.27. The zero-order chi connectivity index (χ0) is 27.1. The third-order valence-corrected chi connectivity index (χ3v) is 7.34. The van der Waals surface area contributed by atoms with Crippen molar-refractivity contribution >= 4 is 30.3 Å². The maximum atomic E-state index is 13.1. The van der Waals surface area contributed by atoms with Gasteiger partial charge >= 0.3 is 13.5 Å². The zero-order valence-electron chi connectivity index (χ0n) is 20.0. The highest BCUT2D eigenvalue weighted by Crippen LogP contribution is 2.44. The van der Waals surface area contributed by atoms with Crippen molar-refractivity contribution in [3.8, 4) is 16.3 Å². The van der Waals surface area contributed by atoms with E-state index < -0.39 is 24.7 Å². The number of pyridine rings is 2. The van der Waals surface area contributed by atoms with E-state index in [1.54, 1.807) is 30.5 Å². The molecule has 0 radical (unpaired) electrons. The highest BCUT2D eigenvalue weighted by Gasteiger charge is 2.39. The lowest BCUT2D eigenvalue weighted by molar-refractivity contribution is -0.137. The van der Waals surface area contributed by atoms with E-state index in [2.05, 4.69) is 20.3 Å². The highest BCUT2D eigenvalue weighted by molar-refractivity contribution is 7.15. The normalized spacial score (nSPS) is 17.1. The summed E-state index contributed by atoms with van der Waals surface area (Å²) in [6.45, 7) is 1.84. The molecular weight excluding hydrogens is 520 g/mol. The Morgan fingerprint density at radius 2 is 1.89 bits per heavy atom. The van der Waals surface area contributed by atoms with Gasteiger partial charge in [0.05, 0.1) is 16.1 Å². The van der Waals surface area contributed by atoms with E-state index in [1.165, 1.54) is 11.3 Å². The average molecular weight is 542 g/mol. The molecule has 1 aromatic carbocycles. The molecule has 8 nitrogen and oxygen atoms in total. The minimum Gasteiger partial charge on any atom is -0.512 e. The Balaban J connectivity index is 1.44. The molecule has 0 aliphatic heterocycles. The van der Waals surface area contributed by atoms with E-state index in [-0.39, 0.29) is 11.6 Å². The number of thiazole rings is 1. The first-order valence-corrected chi connectivity index (χ1v) is 12.5. The lowest BCUT2D eigenvalue weighted by Gasteiger charge is -2.33. The van der Waals surface area contributed by atoms with Crippen LogP contribution in [-0.4, -0.2) is 37.4 Å². The van der Waals surface area contributed by atoms with Gasteiger partial charge in [0, 0.05) is 12.4 Å². The van der Waals surface area contributed by atoms with Gasteiger partial charge in [0.1, 0.15) is 28.0 Å². The van der Waals surface area contributed by atoms with Crippen LogP contribution in [0.3, 0.4) is 0 Å². The van der Waals surface area contributed by atoms with E-state index in [0.29, 0.717) is 46.2 Å². The Morgan fingerprint density at radius 1 is 1.08 bits per heavy atom. The molecule has 0 bridgehead atoms. The monoisotopic (exact) mass is 542 g/mol. The van der Waals surface area contributed by atoms with Crippen molar-refractivity contribution < 1.29 is 33.0 Å². The number of aliphatic hydroxyl groups is 1. The second-order valence-corrected chi connectivity index (χ2v) is 10.0. The number of halogens is 3. The third kappa shape index (κ3) is 5.36. The van der Waals surface area contributed by atoms with E-state index in [4.69, 9.17) is 14.7 Å². The summed E-state index contributed by atoms with van der Waals surface area (Å²) in [5.41, 5.74) is 0.687. The van der Waals surface area contributed by atoms with Gasteiger partial charge in [-0.15, -0.1) is 11.3 Å². The second kappa shape index (κ2) is 9.99. The minimum atomic E-state index is -4.49. The molecular formula is C25H22BF3N4O4S. The molecule has 0 spiro atoms. The number of hydrogen-bond donors (Lipinski definition) is 4. The van der Waals surface area contributed by atoms with Gasteiger partial charge < -0.3 is 25.1 Å². The highest BCUT2D eigenvalue weighted by atomic mass is 32.1. The van der Waals surface area contributed by atoms with Gasteiger partial charge in [-0.1, -0.05) is 6.07 Å². The maximum absolute atomic E-state index is 13.1. The fraction of sp³-hybridized carbons (Fsp3) is 0.240. The van der Waals surface area contributed by atoms with Crippen molar-refractivity contribution in [2.75, 3.05) is 5.32 Å². The van der Waals surface area contributed by atoms with Gasteiger partial charge in [-0.2, -0.15) is 13.2 Å². The third-order valence-electron chi connectivity index (χ3n) is 6.17. The Morgan fingerprint density at radius 3 is 2.66 bits per heavy atom. The van der Waals surface area contributed by atoms with Crippen molar-refractivity contribution in [3.05, 3.63) is 82.1 Å². The summed E-state index contributed by atoms with van der Waals surface area (Å²) in [6, 6.07) is 10.3. The van der Waals surface area contributed by atoms with Crippen LogP contribution in [0.5, 0.6) is 5.75 Å². The molecule has 3 aromatic heterocycles. The zero-order valence-corrected chi connectivity index (χ0v) is 20.8. The van der Waals surface area contributed by atoms with Crippen molar-refractivity contribution in [1.29, 1.82) is 0 Å². The molecule has 38 heavy (non-hydrogen) atoms. The molecule has 196 valence electrons. The van der Waals surface area contributed by atoms with Gasteiger partial charge in [-0.05, 0) is 79.3 Å². The topological polar surface area (TPSA) is 121 Å². The average Bonchev–Trinajstić information content (AvgIpc) is 3.34. The lowest BCUT2D eigenvalue weighted by Crippen LogP contribution is -2.32. The second-order valence-electron chi connectivity index (χ2n) is 8.97. The fourth-order valence-corrected chi connectivity index (χ4v) is 5.52. The summed E-state index contributed by atoms with van der Waals surface area (Å²) < 4.78 is 44.2. The number of rotatable bonds is 6. The number of anilines is 2. The molecule has 1 atom stereocenters. The van der Waals surface area contributed by atoms with Crippen LogP contribution in [0.15, 0.2) is 54.9 Å². The van der Waals surface area contributed by atoms with Crippen LogP contribution in [0.1, 0.15) is 40.1 Å². The number of alkyl halides is 3. The summed E-state index contributed by atoms with van der Waals surface area (Å²) in [5.74, 6) is 0.614. The predicted octanol–water partition coefficient (Wildman–Crippen LogP) is 4.59. The summed E-state index contributed by atoms with van der Waals surface area (Å²) in [4.78, 5) is 13.7. The van der Waals surface area contributed by atoms with Crippen molar-refractivity contribution in [3.63, 3.8) is 0 Å². The van der Waals surface area contributed by atoms with Crippen molar-refractivity contribution in [2.45, 2.75) is 38.0 Å². The van der Waals surface area contributed by atoms with Crippen LogP contribution < -0.4 is 9.97 Å². The molecule has 4 N–H and O–H groups in total. The largest absolute Gasteiger partial charge is 0.707 e. The summed E-state index contributed by atoms with van der Waals surface area (Å²) in [7, 11) is -1.94. The van der Waals surface area contributed by atoms with Crippen LogP contribution in [0.4, 0.5) is 24.8 Å². The molecule has 0 amide bonds. The molecule has 4 aromatic rings. The molecule has 1 aliphatic rings. The van der Waals surface area contributed by atoms with Crippen LogP contribution in [0.25, 0.3) is 10.6 Å². The molecule has 0 saturated heterocycles. The Labute approximate surface area is 220 Å². The minimum absolute atomic E-state index is 0.0130. The van der Waals surface area contributed by atoms with Crippen LogP contribution in [-0.2, 0) is 18.2 Å². The standard InChI is InChI=1S/C25H22BF3N4O4S/c1-14-9-19(32-22(10-14)33-21-12-16(6-8-30-21)25(27,28)29)20-13-31-23(38-20)24(34)7-2-3-15-11-17(37-26(35)36)4-5-18(15)24/h4-6,8-13,34-36H,2-3,7H2,1H3,(H,30,32,33). The summed E-state index contributed by atoms with van der Waals surface area (Å²) in [5, 5.41) is 33.2. The quantitative estimate of drug-likeness (QED) is 0.261. The first-order chi connectivity index (χ1) is 18.0. The van der Waals surface area contributed by atoms with Gasteiger partial charge in [-0.3, -0.25) is 0 Å². The van der Waals surface area contributed by atoms with E-state index in [1.807, 2.05) is 13.0 Å². The smallest absolute Gasteiger partial charge is 0.512 e.